The average molecular weight is 775 g/mol. The van der Waals surface area contributed by atoms with E-state index in [0.29, 0.717) is 42.9 Å². The van der Waals surface area contributed by atoms with E-state index < -0.39 is 34.1 Å². The van der Waals surface area contributed by atoms with Crippen molar-refractivity contribution in [3.8, 4) is 0 Å². The SMILES string of the molecule is C.C.C.C.C.C.CCC(C)(C)C(=O)O.CCC(C)(C)C(=O)OC(C)OC1C2CC3C(=O)OC1C3C2.CCC(C)(C)C(=O)OC12CC3CC(CC(O)(C3)C1)C2. The van der Waals surface area contributed by atoms with Crippen molar-refractivity contribution in [1.29, 1.82) is 0 Å². The average Bonchev–Trinajstić information content (AvgIpc) is 3.61. The number of rotatable bonds is 10. The molecule has 10 nitrogen and oxygen atoms in total. The molecule has 7 aliphatic rings. The summed E-state index contributed by atoms with van der Waals surface area (Å²) >= 11 is 0. The molecule has 0 aromatic heterocycles. The number of aliphatic carboxylic acids is 1. The molecule has 8 unspecified atom stereocenters. The smallest absolute Gasteiger partial charge is 0.313 e. The quantitative estimate of drug-likeness (QED) is 0.125. The minimum atomic E-state index is -0.722. The van der Waals surface area contributed by atoms with Crippen LogP contribution in [0.5, 0.6) is 0 Å². The monoisotopic (exact) mass is 775 g/mol. The topological polar surface area (TPSA) is 146 Å². The standard InChI is InChI=1S/C16H24O5.C16H26O3.C6H12O2.6CH4/c1-5-16(3,4)15(18)20-8(2)19-12-9-6-10-11(7-9)14(17)21-13(10)12;1-4-14(2,3)13(17)19-16-8-11-5-12(9-16)7-15(18,6-11)10-16;1-4-6(2,3)5(7)8;;;;;;/h8-13H,5-7H2,1-4H3;11-12,18H,4-10H2,1-3H3;4H2,1-3H3,(H,7,8);6*1H4. The molecule has 0 aromatic carbocycles. The number of carbonyl (C=O) groups is 4. The molecule has 2 N–H and O–H groups in total. The van der Waals surface area contributed by atoms with Gasteiger partial charge >= 0.3 is 23.9 Å². The second-order valence-corrected chi connectivity index (χ2v) is 17.8. The summed E-state index contributed by atoms with van der Waals surface area (Å²) in [6.45, 7) is 18.7. The molecule has 7 fully saturated rings. The normalized spacial score (nSPS) is 32.3. The van der Waals surface area contributed by atoms with E-state index in [9.17, 15) is 24.3 Å². The largest absolute Gasteiger partial charge is 0.481 e. The van der Waals surface area contributed by atoms with Crippen LogP contribution < -0.4 is 0 Å². The first-order valence-electron chi connectivity index (χ1n) is 18.4. The summed E-state index contributed by atoms with van der Waals surface area (Å²) in [4.78, 5) is 46.4. The van der Waals surface area contributed by atoms with Gasteiger partial charge in [-0.3, -0.25) is 19.2 Å². The van der Waals surface area contributed by atoms with E-state index in [2.05, 4.69) is 0 Å². The van der Waals surface area contributed by atoms with Crippen LogP contribution in [-0.4, -0.2) is 63.8 Å². The maximum atomic E-state index is 12.4. The third-order valence-electron chi connectivity index (χ3n) is 12.7. The van der Waals surface area contributed by atoms with Crippen molar-refractivity contribution < 1.29 is 48.3 Å². The number of aliphatic hydroxyl groups is 1. The van der Waals surface area contributed by atoms with Crippen molar-refractivity contribution >= 4 is 23.9 Å². The summed E-state index contributed by atoms with van der Waals surface area (Å²) in [5, 5.41) is 19.1. The Kier molecular flexibility index (Phi) is 21.1. The molecule has 10 heteroatoms. The van der Waals surface area contributed by atoms with Gasteiger partial charge in [-0.05, 0) is 130 Å². The first-order valence-corrected chi connectivity index (χ1v) is 18.4. The Balaban J connectivity index is -0.000000739. The molecule has 6 bridgehead atoms. The third kappa shape index (κ3) is 11.9. The Morgan fingerprint density at radius 2 is 1.26 bits per heavy atom. The Morgan fingerprint density at radius 3 is 1.69 bits per heavy atom. The zero-order chi connectivity index (χ0) is 36.0. The molecule has 1 heterocycles. The zero-order valence-corrected chi connectivity index (χ0v) is 31.1. The van der Waals surface area contributed by atoms with Gasteiger partial charge in [0.25, 0.3) is 0 Å². The van der Waals surface area contributed by atoms with Crippen molar-refractivity contribution in [2.75, 3.05) is 0 Å². The molecule has 6 aliphatic carbocycles. The maximum absolute atomic E-state index is 12.4. The van der Waals surface area contributed by atoms with Gasteiger partial charge < -0.3 is 29.2 Å². The van der Waals surface area contributed by atoms with Gasteiger partial charge in [-0.25, -0.2) is 0 Å². The van der Waals surface area contributed by atoms with E-state index in [1.54, 1.807) is 20.8 Å². The summed E-state index contributed by atoms with van der Waals surface area (Å²) in [5.41, 5.74) is -2.37. The Morgan fingerprint density at radius 1 is 0.778 bits per heavy atom. The molecule has 0 aromatic rings. The summed E-state index contributed by atoms with van der Waals surface area (Å²) in [6.07, 6.45) is 8.83. The highest BCUT2D eigenvalue weighted by molar-refractivity contribution is 5.77. The van der Waals surface area contributed by atoms with Crippen LogP contribution in [0.25, 0.3) is 0 Å². The highest BCUT2D eigenvalue weighted by Gasteiger charge is 2.63. The van der Waals surface area contributed by atoms with Crippen LogP contribution >= 0.6 is 0 Å². The summed E-state index contributed by atoms with van der Waals surface area (Å²) in [7, 11) is 0. The van der Waals surface area contributed by atoms with Gasteiger partial charge in [-0.1, -0.05) is 65.3 Å². The lowest BCUT2D eigenvalue weighted by atomic mass is 9.52. The molecule has 0 spiro atoms. The van der Waals surface area contributed by atoms with Crippen molar-refractivity contribution in [3.05, 3.63) is 0 Å². The van der Waals surface area contributed by atoms with Gasteiger partial charge in [0.15, 0.2) is 0 Å². The molecular formula is C44H86O10. The molecule has 6 saturated carbocycles. The Hall–Kier alpha value is -2.20. The van der Waals surface area contributed by atoms with Crippen molar-refractivity contribution in [2.45, 2.75) is 214 Å². The number of ether oxygens (including phenoxy) is 4. The number of hydrogen-bond donors (Lipinski definition) is 2. The molecule has 1 saturated heterocycles. The third-order valence-corrected chi connectivity index (χ3v) is 12.7. The van der Waals surface area contributed by atoms with E-state index in [1.807, 2.05) is 48.5 Å². The first kappa shape index (κ1) is 56.1. The fraction of sp³-hybridized carbons (Fsp3) is 0.909. The lowest BCUT2D eigenvalue weighted by Crippen LogP contribution is -2.61. The molecule has 8 atom stereocenters. The number of carbonyl (C=O) groups excluding carboxylic acids is 3. The molecule has 1 aliphatic heterocycles. The van der Waals surface area contributed by atoms with Crippen LogP contribution in [0.1, 0.15) is 184 Å². The molecule has 54 heavy (non-hydrogen) atoms. The van der Waals surface area contributed by atoms with Crippen LogP contribution in [0.2, 0.25) is 0 Å². The summed E-state index contributed by atoms with van der Waals surface area (Å²) in [6, 6.07) is 0. The van der Waals surface area contributed by atoms with E-state index in [-0.39, 0.29) is 86.2 Å². The van der Waals surface area contributed by atoms with E-state index in [0.717, 1.165) is 44.9 Å². The van der Waals surface area contributed by atoms with Crippen LogP contribution in [0.15, 0.2) is 0 Å². The highest BCUT2D eigenvalue weighted by Crippen LogP contribution is 2.59. The van der Waals surface area contributed by atoms with Gasteiger partial charge in [0, 0.05) is 12.3 Å². The maximum Gasteiger partial charge on any atom is 0.313 e. The molecule has 0 amide bonds. The molecule has 322 valence electrons. The Labute approximate surface area is 331 Å². The van der Waals surface area contributed by atoms with Crippen molar-refractivity contribution in [1.82, 2.24) is 0 Å². The molecule has 0 radical (unpaired) electrons. The van der Waals surface area contributed by atoms with E-state index in [1.165, 1.54) is 6.42 Å². The fourth-order valence-corrected chi connectivity index (χ4v) is 8.67. The van der Waals surface area contributed by atoms with Crippen molar-refractivity contribution in [2.24, 2.45) is 45.8 Å². The number of esters is 3. The van der Waals surface area contributed by atoms with Gasteiger partial charge in [0.2, 0.25) is 6.29 Å². The molecular weight excluding hydrogens is 688 g/mol. The van der Waals surface area contributed by atoms with Crippen LogP contribution in [-0.2, 0) is 38.1 Å². The van der Waals surface area contributed by atoms with E-state index in [4.69, 9.17) is 24.1 Å². The fourth-order valence-electron chi connectivity index (χ4n) is 8.67. The highest BCUT2D eigenvalue weighted by atomic mass is 16.7. The predicted octanol–water partition coefficient (Wildman–Crippen LogP) is 10.7. The number of carboxylic acids is 1. The first-order chi connectivity index (χ1) is 22.1. The zero-order valence-electron chi connectivity index (χ0n) is 31.1. The van der Waals surface area contributed by atoms with Crippen LogP contribution in [0.4, 0.5) is 0 Å². The van der Waals surface area contributed by atoms with Crippen LogP contribution in [0, 0.1) is 45.8 Å². The molecule has 7 rings (SSSR count). The minimum absolute atomic E-state index is 0. The van der Waals surface area contributed by atoms with Gasteiger partial charge in [-0.2, -0.15) is 0 Å². The van der Waals surface area contributed by atoms with Gasteiger partial charge in [-0.15, -0.1) is 0 Å². The number of fused-ring (bicyclic) bond motifs is 1. The summed E-state index contributed by atoms with van der Waals surface area (Å²) < 4.78 is 22.7. The van der Waals surface area contributed by atoms with Crippen molar-refractivity contribution in [3.63, 3.8) is 0 Å². The second-order valence-electron chi connectivity index (χ2n) is 17.8. The van der Waals surface area contributed by atoms with E-state index >= 15 is 0 Å². The van der Waals surface area contributed by atoms with Gasteiger partial charge in [0.05, 0.1) is 27.8 Å². The second kappa shape index (κ2) is 20.3. The lowest BCUT2D eigenvalue weighted by molar-refractivity contribution is -0.225. The minimum Gasteiger partial charge on any atom is -0.481 e. The Bertz CT molecular complexity index is 1210. The predicted molar refractivity (Wildman–Crippen MR) is 219 cm³/mol. The van der Waals surface area contributed by atoms with Gasteiger partial charge in [0.1, 0.15) is 17.8 Å². The summed E-state index contributed by atoms with van der Waals surface area (Å²) in [5.74, 6) is 0.737. The van der Waals surface area contributed by atoms with Crippen LogP contribution in [0.3, 0.4) is 0 Å². The lowest BCUT2D eigenvalue weighted by Gasteiger charge is -2.59. The number of carboxylic acid groups (broad SMARTS) is 1. The number of hydrogen-bond acceptors (Lipinski definition) is 9.